The fraction of sp³-hybridized carbons (Fsp3) is 0.514. The number of aliphatic imine (C=N–C) groups is 1. The molecule has 3 aliphatic heterocycles. The number of hydrogen-bond acceptors (Lipinski definition) is 8. The van der Waals surface area contributed by atoms with Crippen molar-refractivity contribution in [2.75, 3.05) is 26.7 Å². The first-order chi connectivity index (χ1) is 22.7. The second-order valence-electron chi connectivity index (χ2n) is 14.9. The molecule has 3 aromatic rings. The number of imidazole rings is 1. The van der Waals surface area contributed by atoms with Gasteiger partial charge in [-0.15, -0.1) is 0 Å². The summed E-state index contributed by atoms with van der Waals surface area (Å²) in [4.78, 5) is 42.1. The molecule has 2 N–H and O–H groups in total. The first-order valence-electron chi connectivity index (χ1n) is 16.9. The number of amidine groups is 1. The quantitative estimate of drug-likeness (QED) is 0.302. The Labute approximate surface area is 283 Å². The highest BCUT2D eigenvalue weighted by Crippen LogP contribution is 2.38. The van der Waals surface area contributed by atoms with Gasteiger partial charge in [-0.3, -0.25) is 9.89 Å². The molecule has 1 unspecified atom stereocenters. The molecule has 0 spiro atoms. The van der Waals surface area contributed by atoms with Crippen molar-refractivity contribution in [3.8, 4) is 28.1 Å². The average molecular weight is 657 g/mol. The molecule has 0 aliphatic carbocycles. The summed E-state index contributed by atoms with van der Waals surface area (Å²) in [5, 5.41) is 3.59. The monoisotopic (exact) mass is 656 g/mol. The molecule has 48 heavy (non-hydrogen) atoms. The van der Waals surface area contributed by atoms with Crippen LogP contribution < -0.4 is 10.1 Å². The minimum absolute atomic E-state index is 0.0505. The van der Waals surface area contributed by atoms with Crippen molar-refractivity contribution < 1.29 is 23.8 Å². The molecular formula is C37H48N6O5. The number of aromatic amines is 1. The van der Waals surface area contributed by atoms with Gasteiger partial charge in [-0.2, -0.15) is 0 Å². The van der Waals surface area contributed by atoms with Crippen molar-refractivity contribution in [1.82, 2.24) is 25.1 Å². The predicted octanol–water partition coefficient (Wildman–Crippen LogP) is 7.05. The zero-order chi connectivity index (χ0) is 34.4. The Hall–Kier alpha value is -4.54. The first kappa shape index (κ1) is 33.4. The molecule has 3 aliphatic rings. The predicted molar refractivity (Wildman–Crippen MR) is 185 cm³/mol. The van der Waals surface area contributed by atoms with E-state index in [1.165, 1.54) is 0 Å². The molecule has 256 valence electrons. The minimum atomic E-state index is -0.576. The fourth-order valence-electron chi connectivity index (χ4n) is 6.33. The van der Waals surface area contributed by atoms with Crippen molar-refractivity contribution in [2.24, 2.45) is 4.99 Å². The smallest absolute Gasteiger partial charge is 0.410 e. The summed E-state index contributed by atoms with van der Waals surface area (Å²) in [7, 11) is 1.73. The molecule has 0 bridgehead atoms. The summed E-state index contributed by atoms with van der Waals surface area (Å²) in [5.41, 5.74) is 4.92. The lowest BCUT2D eigenvalue weighted by atomic mass is 9.98. The Bertz CT molecular complexity index is 1700. The lowest BCUT2D eigenvalue weighted by molar-refractivity contribution is 0.0225. The molecule has 0 radical (unpaired) electrons. The highest BCUT2D eigenvalue weighted by molar-refractivity contribution is 5.92. The molecule has 2 aromatic carbocycles. The van der Waals surface area contributed by atoms with Gasteiger partial charge in [0, 0.05) is 31.3 Å². The standard InChI is InChI=1S/C37H48N6O5/c1-22(42(8)34(44)47-36(2,3)4)32-39-27-17-19-46-30-20-25(15-16-26(30)31(27)41-32)23-11-13-24(14-12-23)28-21-38-33(40-28)29-10-9-18-43(29)35(45)48-37(5,6)7/h11-16,20,22,28-29H,9-10,17-19,21H2,1-8H3,(H,38,40)(H,39,41)/t22-,28?,29-/m0/s1. The Morgan fingerprint density at radius 3 is 2.44 bits per heavy atom. The van der Waals surface area contributed by atoms with Gasteiger partial charge in [0.1, 0.15) is 28.6 Å². The molecule has 2 amide bonds. The number of aromatic nitrogens is 2. The Morgan fingerprint density at radius 1 is 1.02 bits per heavy atom. The normalized spacial score (nSPS) is 19.7. The van der Waals surface area contributed by atoms with Gasteiger partial charge in [0.2, 0.25) is 0 Å². The second kappa shape index (κ2) is 12.8. The summed E-state index contributed by atoms with van der Waals surface area (Å²) >= 11 is 0. The van der Waals surface area contributed by atoms with Crippen LogP contribution in [0.4, 0.5) is 9.59 Å². The molecule has 1 saturated heterocycles. The lowest BCUT2D eigenvalue weighted by Crippen LogP contribution is -2.46. The number of H-pyrrole nitrogens is 1. The molecule has 11 nitrogen and oxygen atoms in total. The average Bonchev–Trinajstić information content (AvgIpc) is 3.77. The van der Waals surface area contributed by atoms with E-state index in [1.807, 2.05) is 48.5 Å². The van der Waals surface area contributed by atoms with Crippen LogP contribution in [0.3, 0.4) is 0 Å². The number of nitrogens with one attached hydrogen (secondary N) is 2. The number of fused-ring (bicyclic) bond motifs is 3. The Morgan fingerprint density at radius 2 is 1.73 bits per heavy atom. The number of rotatable bonds is 5. The van der Waals surface area contributed by atoms with Crippen molar-refractivity contribution >= 4 is 18.0 Å². The summed E-state index contributed by atoms with van der Waals surface area (Å²) in [5.74, 6) is 2.35. The van der Waals surface area contributed by atoms with Crippen molar-refractivity contribution in [1.29, 1.82) is 0 Å². The molecule has 1 fully saturated rings. The number of amides is 2. The van der Waals surface area contributed by atoms with Crippen LogP contribution in [-0.2, 0) is 15.9 Å². The summed E-state index contributed by atoms with van der Waals surface area (Å²) in [6.07, 6.45) is 1.81. The van der Waals surface area contributed by atoms with Gasteiger partial charge in [0.25, 0.3) is 0 Å². The Balaban J connectivity index is 1.13. The van der Waals surface area contributed by atoms with Crippen molar-refractivity contribution in [2.45, 2.75) is 97.1 Å². The van der Waals surface area contributed by atoms with Crippen LogP contribution in [0.2, 0.25) is 0 Å². The number of carbonyl (C=O) groups excluding carboxylic acids is 2. The molecule has 6 rings (SSSR count). The van der Waals surface area contributed by atoms with Gasteiger partial charge >= 0.3 is 12.2 Å². The maximum Gasteiger partial charge on any atom is 0.410 e. The summed E-state index contributed by atoms with van der Waals surface area (Å²) in [6, 6.07) is 14.4. The number of carbonyl (C=O) groups is 2. The van der Waals surface area contributed by atoms with Crippen molar-refractivity contribution in [3.63, 3.8) is 0 Å². The van der Waals surface area contributed by atoms with E-state index < -0.39 is 17.3 Å². The summed E-state index contributed by atoms with van der Waals surface area (Å²) < 4.78 is 17.4. The number of ether oxygens (including phenoxy) is 3. The number of nitrogens with zero attached hydrogens (tertiary/aromatic N) is 4. The zero-order valence-electron chi connectivity index (χ0n) is 29.3. The number of benzene rings is 2. The highest BCUT2D eigenvalue weighted by atomic mass is 16.6. The van der Waals surface area contributed by atoms with Gasteiger partial charge in [-0.1, -0.05) is 30.3 Å². The van der Waals surface area contributed by atoms with E-state index in [0.717, 1.165) is 58.1 Å². The van der Waals surface area contributed by atoms with Gasteiger partial charge < -0.3 is 29.4 Å². The van der Waals surface area contributed by atoms with Crippen molar-refractivity contribution in [3.05, 3.63) is 59.5 Å². The lowest BCUT2D eigenvalue weighted by Gasteiger charge is -2.29. The van der Waals surface area contributed by atoms with Crippen LogP contribution in [0.5, 0.6) is 5.75 Å². The topological polar surface area (TPSA) is 121 Å². The maximum atomic E-state index is 12.8. The molecule has 11 heteroatoms. The second-order valence-corrected chi connectivity index (χ2v) is 14.9. The maximum absolute atomic E-state index is 12.8. The van der Waals surface area contributed by atoms with E-state index in [9.17, 15) is 9.59 Å². The van der Waals surface area contributed by atoms with Crippen LogP contribution in [0.15, 0.2) is 47.5 Å². The van der Waals surface area contributed by atoms with Gasteiger partial charge in [0.15, 0.2) is 0 Å². The van der Waals surface area contributed by atoms with E-state index in [-0.39, 0.29) is 24.2 Å². The van der Waals surface area contributed by atoms with Crippen LogP contribution >= 0.6 is 0 Å². The highest BCUT2D eigenvalue weighted by Gasteiger charge is 2.37. The number of likely N-dealkylation sites (tertiary alicyclic amines) is 1. The third-order valence-electron chi connectivity index (χ3n) is 8.91. The summed E-state index contributed by atoms with van der Waals surface area (Å²) in [6.45, 7) is 15.0. The largest absolute Gasteiger partial charge is 0.492 e. The van der Waals surface area contributed by atoms with Gasteiger partial charge in [-0.05, 0) is 90.1 Å². The third-order valence-corrected chi connectivity index (χ3v) is 8.91. The molecular weight excluding hydrogens is 608 g/mol. The SMILES string of the molecule is C[C@@H](c1nc2c([nH]1)CCOc1cc(-c3ccc(C4CN=C([C@@H]5CCCN5C(=O)OC(C)(C)C)N4)cc3)ccc1-2)N(C)C(=O)OC(C)(C)C. The van der Waals surface area contributed by atoms with E-state index in [4.69, 9.17) is 24.2 Å². The van der Waals surface area contributed by atoms with E-state index in [0.29, 0.717) is 31.9 Å². The third kappa shape index (κ3) is 7.15. The van der Waals surface area contributed by atoms with E-state index >= 15 is 0 Å². The molecule has 3 atom stereocenters. The van der Waals surface area contributed by atoms with Crippen LogP contribution in [-0.4, -0.2) is 81.8 Å². The molecule has 1 aromatic heterocycles. The fourth-order valence-corrected chi connectivity index (χ4v) is 6.33. The van der Waals surface area contributed by atoms with Crippen LogP contribution in [0, 0.1) is 0 Å². The van der Waals surface area contributed by atoms with Crippen LogP contribution in [0.1, 0.15) is 90.5 Å². The first-order valence-corrected chi connectivity index (χ1v) is 16.9. The molecule has 0 saturated carbocycles. The van der Waals surface area contributed by atoms with Gasteiger partial charge in [-0.25, -0.2) is 14.6 Å². The molecule has 4 heterocycles. The van der Waals surface area contributed by atoms with Crippen LogP contribution in [0.25, 0.3) is 22.4 Å². The minimum Gasteiger partial charge on any atom is -0.492 e. The van der Waals surface area contributed by atoms with E-state index in [2.05, 4.69) is 52.8 Å². The van der Waals surface area contributed by atoms with Gasteiger partial charge in [0.05, 0.1) is 37.0 Å². The number of hydrogen-bond donors (Lipinski definition) is 2. The van der Waals surface area contributed by atoms with E-state index in [1.54, 1.807) is 16.8 Å². The zero-order valence-corrected chi connectivity index (χ0v) is 29.3. The Kier molecular flexibility index (Phi) is 8.91.